The Balaban J connectivity index is 1.93. The molecule has 0 radical (unpaired) electrons. The van der Waals surface area contributed by atoms with Crippen LogP contribution in [0.4, 0.5) is 20.3 Å². The summed E-state index contributed by atoms with van der Waals surface area (Å²) in [6.45, 7) is 0.282. The van der Waals surface area contributed by atoms with Gasteiger partial charge in [0.1, 0.15) is 11.6 Å². The van der Waals surface area contributed by atoms with Crippen LogP contribution in [-0.2, 0) is 6.42 Å². The molecule has 0 bridgehead atoms. The van der Waals surface area contributed by atoms with Crippen LogP contribution in [0.3, 0.4) is 0 Å². The lowest BCUT2D eigenvalue weighted by atomic mass is 10.1. The Kier molecular flexibility index (Phi) is 6.28. The average Bonchev–Trinajstić information content (AvgIpc) is 2.52. The molecule has 0 aliphatic carbocycles. The van der Waals surface area contributed by atoms with Crippen molar-refractivity contribution in [1.82, 2.24) is 10.3 Å². The number of halogens is 3. The molecule has 2 N–H and O–H groups in total. The van der Waals surface area contributed by atoms with E-state index in [-0.39, 0.29) is 18.5 Å². The lowest BCUT2D eigenvalue weighted by Gasteiger charge is -2.16. The van der Waals surface area contributed by atoms with Gasteiger partial charge in [-0.15, -0.1) is 0 Å². The molecule has 0 spiro atoms. The Morgan fingerprint density at radius 2 is 2.00 bits per heavy atom. The van der Waals surface area contributed by atoms with Gasteiger partial charge in [0.2, 0.25) is 0 Å². The molecule has 0 saturated carbocycles. The van der Waals surface area contributed by atoms with Gasteiger partial charge in [0.05, 0.1) is 10.7 Å². The molecule has 0 unspecified atom stereocenters. The zero-order chi connectivity index (χ0) is 17.7. The van der Waals surface area contributed by atoms with Gasteiger partial charge < -0.3 is 15.5 Å². The third-order valence-corrected chi connectivity index (χ3v) is 3.75. The third-order valence-electron chi connectivity index (χ3n) is 3.28. The number of hydrogen-bond donors (Lipinski definition) is 2. The molecule has 24 heavy (non-hydrogen) atoms. The molecule has 0 aliphatic heterocycles. The fourth-order valence-electron chi connectivity index (χ4n) is 2.07. The summed E-state index contributed by atoms with van der Waals surface area (Å²) in [5.41, 5.74) is 0.374. The maximum Gasteiger partial charge on any atom is 0.171 e. The minimum Gasteiger partial charge on any atom is -0.375 e. The summed E-state index contributed by atoms with van der Waals surface area (Å²) in [5, 5.41) is 6.60. The summed E-state index contributed by atoms with van der Waals surface area (Å²) >= 11 is 10.9. The van der Waals surface area contributed by atoms with Crippen LogP contribution >= 0.6 is 23.8 Å². The number of anilines is 2. The minimum atomic E-state index is -0.571. The molecule has 0 atom stereocenters. The first-order valence-corrected chi connectivity index (χ1v) is 7.97. The van der Waals surface area contributed by atoms with Crippen LogP contribution in [0, 0.1) is 11.6 Å². The second kappa shape index (κ2) is 8.21. The predicted molar refractivity (Wildman–Crippen MR) is 97.9 cm³/mol. The van der Waals surface area contributed by atoms with Crippen molar-refractivity contribution in [2.24, 2.45) is 0 Å². The van der Waals surface area contributed by atoms with Gasteiger partial charge in [-0.3, -0.25) is 0 Å². The summed E-state index contributed by atoms with van der Waals surface area (Å²) in [7, 11) is 3.41. The Labute approximate surface area is 149 Å². The lowest BCUT2D eigenvalue weighted by molar-refractivity contribution is 0.553. The van der Waals surface area contributed by atoms with Crippen LogP contribution in [0.25, 0.3) is 0 Å². The molecule has 0 saturated heterocycles. The minimum absolute atomic E-state index is 0.0288. The van der Waals surface area contributed by atoms with E-state index in [0.29, 0.717) is 21.6 Å². The molecule has 128 valence electrons. The Hall–Kier alpha value is -1.99. The van der Waals surface area contributed by atoms with Crippen molar-refractivity contribution in [3.63, 3.8) is 0 Å². The third kappa shape index (κ3) is 4.75. The molecule has 2 aromatic rings. The van der Waals surface area contributed by atoms with E-state index in [1.54, 1.807) is 31.1 Å². The van der Waals surface area contributed by atoms with Crippen LogP contribution in [0.15, 0.2) is 30.5 Å². The van der Waals surface area contributed by atoms with E-state index in [9.17, 15) is 8.78 Å². The highest BCUT2D eigenvalue weighted by atomic mass is 35.5. The fraction of sp³-hybridized carbons (Fsp3) is 0.250. The number of benzene rings is 1. The normalized spacial score (nSPS) is 10.4. The number of rotatable bonds is 5. The van der Waals surface area contributed by atoms with E-state index in [0.717, 1.165) is 0 Å². The summed E-state index contributed by atoms with van der Waals surface area (Å²) in [6.07, 6.45) is 1.65. The molecule has 2 rings (SSSR count). The summed E-state index contributed by atoms with van der Waals surface area (Å²) in [5.74, 6) is -0.595. The number of thiocarbonyl (C=S) groups is 1. The molecule has 1 heterocycles. The number of nitrogens with one attached hydrogen (secondary N) is 2. The highest BCUT2D eigenvalue weighted by Gasteiger charge is 2.14. The van der Waals surface area contributed by atoms with Crippen molar-refractivity contribution in [2.45, 2.75) is 6.42 Å². The summed E-state index contributed by atoms with van der Waals surface area (Å²) in [4.78, 5) is 5.65. The van der Waals surface area contributed by atoms with Crippen LogP contribution in [0.2, 0.25) is 5.02 Å². The molecule has 0 amide bonds. The molecule has 1 aromatic heterocycles. The van der Waals surface area contributed by atoms with Crippen molar-refractivity contribution in [3.05, 3.63) is 52.7 Å². The van der Waals surface area contributed by atoms with E-state index in [4.69, 9.17) is 23.8 Å². The monoisotopic (exact) mass is 370 g/mol. The highest BCUT2D eigenvalue weighted by molar-refractivity contribution is 7.80. The first kappa shape index (κ1) is 18.4. The zero-order valence-electron chi connectivity index (χ0n) is 13.2. The van der Waals surface area contributed by atoms with Gasteiger partial charge >= 0.3 is 0 Å². The van der Waals surface area contributed by atoms with Crippen LogP contribution in [0.1, 0.15) is 5.56 Å². The molecule has 8 heteroatoms. The number of aromatic nitrogens is 1. The Morgan fingerprint density at radius 3 is 2.62 bits per heavy atom. The first-order valence-electron chi connectivity index (χ1n) is 7.19. The van der Waals surface area contributed by atoms with Gasteiger partial charge in [-0.1, -0.05) is 11.6 Å². The van der Waals surface area contributed by atoms with Crippen molar-refractivity contribution < 1.29 is 8.78 Å². The van der Waals surface area contributed by atoms with Crippen molar-refractivity contribution >= 4 is 40.4 Å². The smallest absolute Gasteiger partial charge is 0.171 e. The molecule has 0 aliphatic rings. The fourth-order valence-corrected chi connectivity index (χ4v) is 2.39. The maximum atomic E-state index is 14.3. The Morgan fingerprint density at radius 1 is 1.25 bits per heavy atom. The molecular formula is C16H17ClF2N4S. The van der Waals surface area contributed by atoms with E-state index in [2.05, 4.69) is 15.6 Å². The molecule has 4 nitrogen and oxygen atoms in total. The van der Waals surface area contributed by atoms with Gasteiger partial charge in [0, 0.05) is 32.4 Å². The quantitative estimate of drug-likeness (QED) is 0.787. The number of pyridine rings is 1. The van der Waals surface area contributed by atoms with E-state index >= 15 is 0 Å². The van der Waals surface area contributed by atoms with Gasteiger partial charge in [0.15, 0.2) is 10.9 Å². The van der Waals surface area contributed by atoms with Crippen LogP contribution in [0.5, 0.6) is 0 Å². The topological polar surface area (TPSA) is 40.2 Å². The first-order chi connectivity index (χ1) is 11.4. The SMILES string of the molecule is CN(C)c1ccc(F)c(CCNC(=S)Nc2ccc(Cl)cn2)c1F. The standard InChI is InChI=1S/C16H17ClF2N4S/c1-23(2)13-5-4-12(18)11(15(13)19)7-8-20-16(24)22-14-6-3-10(17)9-21-14/h3-6,9H,7-8H2,1-2H3,(H2,20,21,22,24). The second-order valence-corrected chi connectivity index (χ2v) is 6.09. The molecule has 1 aromatic carbocycles. The van der Waals surface area contributed by atoms with Crippen LogP contribution < -0.4 is 15.5 Å². The van der Waals surface area contributed by atoms with Gasteiger partial charge in [-0.25, -0.2) is 13.8 Å². The predicted octanol–water partition coefficient (Wildman–Crippen LogP) is 3.61. The zero-order valence-corrected chi connectivity index (χ0v) is 14.8. The highest BCUT2D eigenvalue weighted by Crippen LogP contribution is 2.23. The number of nitrogens with zero attached hydrogens (tertiary/aromatic N) is 2. The largest absolute Gasteiger partial charge is 0.375 e. The summed E-state index contributed by atoms with van der Waals surface area (Å²) in [6, 6.07) is 6.04. The van der Waals surface area contributed by atoms with Crippen molar-refractivity contribution in [1.29, 1.82) is 0 Å². The van der Waals surface area contributed by atoms with E-state index in [1.165, 1.54) is 18.3 Å². The molecular weight excluding hydrogens is 354 g/mol. The average molecular weight is 371 g/mol. The summed E-state index contributed by atoms with van der Waals surface area (Å²) < 4.78 is 28.2. The van der Waals surface area contributed by atoms with E-state index < -0.39 is 11.6 Å². The van der Waals surface area contributed by atoms with Gasteiger partial charge in [-0.05, 0) is 42.9 Å². The number of hydrogen-bond acceptors (Lipinski definition) is 3. The van der Waals surface area contributed by atoms with Crippen molar-refractivity contribution in [3.8, 4) is 0 Å². The lowest BCUT2D eigenvalue weighted by Crippen LogP contribution is -2.30. The van der Waals surface area contributed by atoms with Gasteiger partial charge in [-0.2, -0.15) is 0 Å². The van der Waals surface area contributed by atoms with Gasteiger partial charge in [0.25, 0.3) is 0 Å². The van der Waals surface area contributed by atoms with Crippen molar-refractivity contribution in [2.75, 3.05) is 30.9 Å². The van der Waals surface area contributed by atoms with E-state index in [1.807, 2.05) is 0 Å². The molecule has 0 fully saturated rings. The van der Waals surface area contributed by atoms with Crippen LogP contribution in [-0.4, -0.2) is 30.7 Å². The maximum absolute atomic E-state index is 14.3. The second-order valence-electron chi connectivity index (χ2n) is 5.25. The Bertz CT molecular complexity index is 723.